The fourth-order valence-electron chi connectivity index (χ4n) is 2.66. The molecule has 2 N–H and O–H groups in total. The lowest BCUT2D eigenvalue weighted by molar-refractivity contribution is 0.0344. The Bertz CT molecular complexity index is 860. The molecule has 0 saturated heterocycles. The number of hydrogen-bond donors (Lipinski definition) is 2. The Morgan fingerprint density at radius 3 is 2.67 bits per heavy atom. The summed E-state index contributed by atoms with van der Waals surface area (Å²) in [5, 5.41) is 14.4. The van der Waals surface area contributed by atoms with E-state index in [1.807, 2.05) is 56.3 Å². The van der Waals surface area contributed by atoms with Gasteiger partial charge in [0.2, 0.25) is 0 Å². The second-order valence-electron chi connectivity index (χ2n) is 6.42. The number of benzene rings is 2. The van der Waals surface area contributed by atoms with Crippen molar-refractivity contribution in [2.24, 2.45) is 0 Å². The van der Waals surface area contributed by atoms with E-state index in [0.29, 0.717) is 16.9 Å². The molecule has 2 aromatic carbocycles. The highest BCUT2D eigenvalue weighted by Gasteiger charge is 2.28. The van der Waals surface area contributed by atoms with E-state index >= 15 is 0 Å². The number of furan rings is 1. The fraction of sp³-hybridized carbons (Fsp3) is 0.250. The summed E-state index contributed by atoms with van der Waals surface area (Å²) in [7, 11) is 0. The summed E-state index contributed by atoms with van der Waals surface area (Å²) in [5.41, 5.74) is 1.98. The van der Waals surface area contributed by atoms with Crippen LogP contribution in [0.5, 0.6) is 0 Å². The van der Waals surface area contributed by atoms with Crippen LogP contribution in [0.15, 0.2) is 52.9 Å². The second-order valence-corrected chi connectivity index (χ2v) is 6.42. The van der Waals surface area contributed by atoms with Crippen molar-refractivity contribution in [2.45, 2.75) is 26.4 Å². The van der Waals surface area contributed by atoms with E-state index < -0.39 is 5.60 Å². The van der Waals surface area contributed by atoms with Crippen LogP contribution in [0.1, 0.15) is 34.2 Å². The molecule has 1 amide bonds. The molecule has 0 aliphatic rings. The van der Waals surface area contributed by atoms with Gasteiger partial charge in [0.1, 0.15) is 16.9 Å². The van der Waals surface area contributed by atoms with Gasteiger partial charge in [0.05, 0.1) is 6.54 Å². The summed E-state index contributed by atoms with van der Waals surface area (Å²) in [6, 6.07) is 15.1. The molecule has 1 unspecified atom stereocenters. The predicted octanol–water partition coefficient (Wildman–Crippen LogP) is 3.69. The predicted molar refractivity (Wildman–Crippen MR) is 94.0 cm³/mol. The van der Waals surface area contributed by atoms with E-state index in [1.165, 1.54) is 0 Å². The zero-order valence-corrected chi connectivity index (χ0v) is 14.1. The first-order valence-electron chi connectivity index (χ1n) is 7.94. The smallest absolute Gasteiger partial charge is 0.251 e. The zero-order chi connectivity index (χ0) is 17.3. The molecule has 0 bridgehead atoms. The third-order valence-corrected chi connectivity index (χ3v) is 4.19. The van der Waals surface area contributed by atoms with Crippen molar-refractivity contribution in [2.75, 3.05) is 6.54 Å². The van der Waals surface area contributed by atoms with E-state index in [2.05, 4.69) is 5.32 Å². The summed E-state index contributed by atoms with van der Waals surface area (Å²) in [5.74, 6) is 0.234. The number of aryl methyl sites for hydroxylation is 2. The number of para-hydroxylation sites is 1. The lowest BCUT2D eigenvalue weighted by Gasteiger charge is -2.21. The first-order chi connectivity index (χ1) is 11.4. The van der Waals surface area contributed by atoms with Gasteiger partial charge in [0, 0.05) is 10.9 Å². The van der Waals surface area contributed by atoms with Crippen LogP contribution in [0.3, 0.4) is 0 Å². The number of aliphatic hydroxyl groups is 1. The molecule has 0 spiro atoms. The van der Waals surface area contributed by atoms with Gasteiger partial charge in [-0.3, -0.25) is 4.79 Å². The molecule has 124 valence electrons. The van der Waals surface area contributed by atoms with E-state index in [9.17, 15) is 9.90 Å². The first-order valence-corrected chi connectivity index (χ1v) is 7.94. The summed E-state index contributed by atoms with van der Waals surface area (Å²) in [4.78, 5) is 12.4. The molecule has 0 aliphatic heterocycles. The molecule has 3 aromatic rings. The summed E-state index contributed by atoms with van der Waals surface area (Å²) < 4.78 is 5.71. The highest BCUT2D eigenvalue weighted by molar-refractivity contribution is 5.95. The van der Waals surface area contributed by atoms with Crippen LogP contribution < -0.4 is 5.32 Å². The maximum Gasteiger partial charge on any atom is 0.251 e. The Morgan fingerprint density at radius 1 is 1.17 bits per heavy atom. The molecule has 0 fully saturated rings. The topological polar surface area (TPSA) is 62.5 Å². The number of rotatable bonds is 4. The van der Waals surface area contributed by atoms with E-state index in [0.717, 1.165) is 16.5 Å². The van der Waals surface area contributed by atoms with Crippen molar-refractivity contribution in [1.29, 1.82) is 0 Å². The average molecular weight is 323 g/mol. The number of amides is 1. The Labute approximate surface area is 141 Å². The van der Waals surface area contributed by atoms with E-state index in [4.69, 9.17) is 4.42 Å². The zero-order valence-electron chi connectivity index (χ0n) is 14.1. The SMILES string of the molecule is Cc1ccc(C)c(C(=O)NCC(C)(O)c2cc3ccccc3o2)c1. The van der Waals surface area contributed by atoms with Crippen LogP contribution >= 0.6 is 0 Å². The van der Waals surface area contributed by atoms with Crippen molar-refractivity contribution in [3.05, 3.63) is 71.0 Å². The number of carbonyl (C=O) groups excluding carboxylic acids is 1. The Hall–Kier alpha value is -2.59. The first kappa shape index (κ1) is 16.3. The molecule has 1 aromatic heterocycles. The molecule has 4 heteroatoms. The van der Waals surface area contributed by atoms with Gasteiger partial charge in [-0.25, -0.2) is 0 Å². The Kier molecular flexibility index (Phi) is 4.16. The molecule has 24 heavy (non-hydrogen) atoms. The third-order valence-electron chi connectivity index (χ3n) is 4.19. The van der Waals surface area contributed by atoms with Crippen LogP contribution in [0.4, 0.5) is 0 Å². The molecular formula is C20H21NO3. The minimum Gasteiger partial charge on any atom is -0.458 e. The summed E-state index contributed by atoms with van der Waals surface area (Å²) in [6.07, 6.45) is 0. The van der Waals surface area contributed by atoms with Crippen molar-refractivity contribution >= 4 is 16.9 Å². The maximum atomic E-state index is 12.4. The third kappa shape index (κ3) is 3.19. The molecule has 1 atom stereocenters. The molecule has 0 radical (unpaired) electrons. The van der Waals surface area contributed by atoms with Gasteiger partial charge in [0.25, 0.3) is 5.91 Å². The number of hydrogen-bond acceptors (Lipinski definition) is 3. The average Bonchev–Trinajstić information content (AvgIpc) is 3.00. The number of nitrogens with one attached hydrogen (secondary N) is 1. The quantitative estimate of drug-likeness (QED) is 0.770. The number of fused-ring (bicyclic) bond motifs is 1. The maximum absolute atomic E-state index is 12.4. The van der Waals surface area contributed by atoms with Crippen molar-refractivity contribution in [3.63, 3.8) is 0 Å². The summed E-state index contributed by atoms with van der Waals surface area (Å²) in [6.45, 7) is 5.54. The minimum absolute atomic E-state index is 0.0685. The van der Waals surface area contributed by atoms with E-state index in [1.54, 1.807) is 13.0 Å². The Morgan fingerprint density at radius 2 is 1.92 bits per heavy atom. The van der Waals surface area contributed by atoms with Gasteiger partial charge < -0.3 is 14.8 Å². The van der Waals surface area contributed by atoms with E-state index in [-0.39, 0.29) is 12.5 Å². The van der Waals surface area contributed by atoms with Crippen LogP contribution in [0, 0.1) is 13.8 Å². The molecule has 0 saturated carbocycles. The van der Waals surface area contributed by atoms with Crippen molar-refractivity contribution in [3.8, 4) is 0 Å². The normalized spacial score (nSPS) is 13.7. The van der Waals surface area contributed by atoms with Gasteiger partial charge in [-0.15, -0.1) is 0 Å². The van der Waals surface area contributed by atoms with Crippen LogP contribution in [-0.2, 0) is 5.60 Å². The molecule has 0 aliphatic carbocycles. The van der Waals surface area contributed by atoms with Crippen LogP contribution in [-0.4, -0.2) is 17.6 Å². The molecule has 4 nitrogen and oxygen atoms in total. The van der Waals surface area contributed by atoms with Gasteiger partial charge in [0.15, 0.2) is 0 Å². The van der Waals surface area contributed by atoms with Crippen LogP contribution in [0.2, 0.25) is 0 Å². The largest absolute Gasteiger partial charge is 0.458 e. The van der Waals surface area contributed by atoms with Crippen molar-refractivity contribution in [1.82, 2.24) is 5.32 Å². The fourth-order valence-corrected chi connectivity index (χ4v) is 2.66. The minimum atomic E-state index is -1.29. The van der Waals surface area contributed by atoms with Gasteiger partial charge >= 0.3 is 0 Å². The lowest BCUT2D eigenvalue weighted by Crippen LogP contribution is -2.38. The lowest BCUT2D eigenvalue weighted by atomic mass is 10.0. The van der Waals surface area contributed by atoms with Gasteiger partial charge in [-0.05, 0) is 44.5 Å². The second kappa shape index (κ2) is 6.13. The van der Waals surface area contributed by atoms with Gasteiger partial charge in [-0.1, -0.05) is 35.9 Å². The Balaban J connectivity index is 1.77. The molecule has 3 rings (SSSR count). The number of carbonyl (C=O) groups is 1. The summed E-state index contributed by atoms with van der Waals surface area (Å²) >= 11 is 0. The highest BCUT2D eigenvalue weighted by Crippen LogP contribution is 2.27. The molecular weight excluding hydrogens is 302 g/mol. The highest BCUT2D eigenvalue weighted by atomic mass is 16.4. The monoisotopic (exact) mass is 323 g/mol. The van der Waals surface area contributed by atoms with Crippen LogP contribution in [0.25, 0.3) is 11.0 Å². The standard InChI is InChI=1S/C20H21NO3/c1-13-8-9-14(2)16(10-13)19(22)21-12-20(3,23)18-11-15-6-4-5-7-17(15)24-18/h4-11,23H,12H2,1-3H3,(H,21,22). The van der Waals surface area contributed by atoms with Crippen molar-refractivity contribution < 1.29 is 14.3 Å². The van der Waals surface area contributed by atoms with Gasteiger partial charge in [-0.2, -0.15) is 0 Å². The molecule has 1 heterocycles.